The molecule has 1 heterocycles. The summed E-state index contributed by atoms with van der Waals surface area (Å²) >= 11 is 0. The first-order valence-electron chi connectivity index (χ1n) is 5.56. The maximum atomic E-state index is 11.0. The number of aryl methyl sites for hydroxylation is 1. The van der Waals surface area contributed by atoms with Gasteiger partial charge in [0.15, 0.2) is 0 Å². The number of fused-ring (bicyclic) bond motifs is 1. The molecule has 0 aliphatic heterocycles. The Kier molecular flexibility index (Phi) is 3.27. The van der Waals surface area contributed by atoms with Gasteiger partial charge in [-0.25, -0.2) is 9.78 Å². The topological polar surface area (TPSA) is 67.0 Å². The molecule has 1 amide bonds. The number of amides is 1. The summed E-state index contributed by atoms with van der Waals surface area (Å²) in [6.45, 7) is 2.14. The molecule has 90 valence electrons. The van der Waals surface area contributed by atoms with Crippen LogP contribution in [0.5, 0.6) is 0 Å². The second kappa shape index (κ2) is 4.86. The van der Waals surface area contributed by atoms with Gasteiger partial charge in [0.05, 0.1) is 18.1 Å². The number of aromatic nitrogens is 2. The average molecular weight is 233 g/mol. The van der Waals surface area contributed by atoms with E-state index in [1.807, 2.05) is 12.1 Å². The monoisotopic (exact) mass is 233 g/mol. The number of methoxy groups -OCH3 is 1. The molecule has 0 spiro atoms. The molecule has 0 bridgehead atoms. The van der Waals surface area contributed by atoms with Crippen LogP contribution in [0.4, 0.5) is 10.7 Å². The van der Waals surface area contributed by atoms with Crippen LogP contribution >= 0.6 is 0 Å². The van der Waals surface area contributed by atoms with Crippen LogP contribution in [-0.4, -0.2) is 23.2 Å². The Balaban J connectivity index is 2.27. The number of ether oxygens (including phenoxy) is 1. The zero-order valence-electron chi connectivity index (χ0n) is 9.91. The van der Waals surface area contributed by atoms with E-state index in [1.165, 1.54) is 12.7 Å². The molecule has 2 rings (SSSR count). The van der Waals surface area contributed by atoms with E-state index in [0.717, 1.165) is 23.9 Å². The fraction of sp³-hybridized carbons (Fsp3) is 0.333. The molecule has 0 fully saturated rings. The normalized spacial score (nSPS) is 10.5. The molecular weight excluding hydrogens is 218 g/mol. The predicted octanol–water partition coefficient (Wildman–Crippen LogP) is 2.69. The van der Waals surface area contributed by atoms with E-state index in [-0.39, 0.29) is 0 Å². The minimum atomic E-state index is -0.530. The minimum absolute atomic E-state index is 0.403. The Morgan fingerprint density at radius 1 is 1.53 bits per heavy atom. The smallest absolute Gasteiger partial charge is 0.413 e. The second-order valence-corrected chi connectivity index (χ2v) is 3.80. The van der Waals surface area contributed by atoms with Gasteiger partial charge in [0, 0.05) is 0 Å². The Morgan fingerprint density at radius 2 is 2.35 bits per heavy atom. The zero-order chi connectivity index (χ0) is 12.3. The summed E-state index contributed by atoms with van der Waals surface area (Å²) in [5, 5.41) is 2.50. The lowest BCUT2D eigenvalue weighted by molar-refractivity contribution is 0.186. The zero-order valence-corrected chi connectivity index (χ0v) is 9.91. The molecule has 2 N–H and O–H groups in total. The number of nitrogens with zero attached hydrogens (tertiary/aromatic N) is 1. The third-order valence-electron chi connectivity index (χ3n) is 2.49. The van der Waals surface area contributed by atoms with Gasteiger partial charge in [-0.2, -0.15) is 0 Å². The standard InChI is InChI=1S/C12H15N3O2/c1-3-4-8-5-6-9-10(7-8)14-11(13-9)15-12(16)17-2/h5-7H,3-4H2,1-2H3,(H2,13,14,15,16). The van der Waals surface area contributed by atoms with E-state index in [2.05, 4.69) is 33.0 Å². The molecular formula is C12H15N3O2. The first-order valence-corrected chi connectivity index (χ1v) is 5.56. The van der Waals surface area contributed by atoms with Crippen molar-refractivity contribution in [3.8, 4) is 0 Å². The summed E-state index contributed by atoms with van der Waals surface area (Å²) in [5.74, 6) is 0.403. The highest BCUT2D eigenvalue weighted by Gasteiger charge is 2.06. The highest BCUT2D eigenvalue weighted by molar-refractivity contribution is 5.86. The van der Waals surface area contributed by atoms with Gasteiger partial charge >= 0.3 is 6.09 Å². The van der Waals surface area contributed by atoms with E-state index in [4.69, 9.17) is 0 Å². The number of carbonyl (C=O) groups is 1. The third kappa shape index (κ3) is 2.55. The molecule has 0 radical (unpaired) electrons. The summed E-state index contributed by atoms with van der Waals surface area (Å²) in [4.78, 5) is 18.3. The lowest BCUT2D eigenvalue weighted by Gasteiger charge is -1.97. The molecule has 0 atom stereocenters. The molecule has 17 heavy (non-hydrogen) atoms. The van der Waals surface area contributed by atoms with Crippen LogP contribution in [-0.2, 0) is 11.2 Å². The van der Waals surface area contributed by atoms with Gasteiger partial charge in [-0.05, 0) is 24.1 Å². The largest absolute Gasteiger partial charge is 0.453 e. The van der Waals surface area contributed by atoms with Crippen LogP contribution in [0.3, 0.4) is 0 Å². The van der Waals surface area contributed by atoms with Gasteiger partial charge in [0.2, 0.25) is 5.95 Å². The van der Waals surface area contributed by atoms with Crippen LogP contribution in [0.25, 0.3) is 11.0 Å². The average Bonchev–Trinajstić information content (AvgIpc) is 2.70. The van der Waals surface area contributed by atoms with Crippen LogP contribution in [0, 0.1) is 0 Å². The number of hydrogen-bond donors (Lipinski definition) is 2. The number of anilines is 1. The van der Waals surface area contributed by atoms with Crippen molar-refractivity contribution in [1.29, 1.82) is 0 Å². The van der Waals surface area contributed by atoms with Gasteiger partial charge in [0.25, 0.3) is 0 Å². The molecule has 0 unspecified atom stereocenters. The molecule has 2 aromatic rings. The Labute approximate surface area is 99.2 Å². The Hall–Kier alpha value is -2.04. The number of benzene rings is 1. The van der Waals surface area contributed by atoms with Crippen LogP contribution in [0.1, 0.15) is 18.9 Å². The summed E-state index contributed by atoms with van der Waals surface area (Å²) in [6, 6.07) is 6.04. The first kappa shape index (κ1) is 11.4. The molecule has 0 aliphatic carbocycles. The molecule has 1 aromatic heterocycles. The van der Waals surface area contributed by atoms with Gasteiger partial charge < -0.3 is 9.72 Å². The molecule has 5 nitrogen and oxygen atoms in total. The molecule has 5 heteroatoms. The number of nitrogens with one attached hydrogen (secondary N) is 2. The van der Waals surface area contributed by atoms with Gasteiger partial charge in [-0.1, -0.05) is 19.4 Å². The van der Waals surface area contributed by atoms with E-state index >= 15 is 0 Å². The maximum Gasteiger partial charge on any atom is 0.413 e. The first-order chi connectivity index (χ1) is 8.22. The van der Waals surface area contributed by atoms with Crippen molar-refractivity contribution in [3.05, 3.63) is 23.8 Å². The number of carbonyl (C=O) groups excluding carboxylic acids is 1. The van der Waals surface area contributed by atoms with Crippen molar-refractivity contribution >= 4 is 23.1 Å². The van der Waals surface area contributed by atoms with Crippen LogP contribution in [0.2, 0.25) is 0 Å². The predicted molar refractivity (Wildman–Crippen MR) is 66.1 cm³/mol. The Bertz CT molecular complexity index is 534. The van der Waals surface area contributed by atoms with Crippen molar-refractivity contribution in [3.63, 3.8) is 0 Å². The quantitative estimate of drug-likeness (QED) is 0.856. The van der Waals surface area contributed by atoms with E-state index in [0.29, 0.717) is 5.95 Å². The van der Waals surface area contributed by atoms with E-state index in [1.54, 1.807) is 0 Å². The summed E-state index contributed by atoms with van der Waals surface area (Å²) < 4.78 is 4.50. The number of rotatable bonds is 3. The maximum absolute atomic E-state index is 11.0. The van der Waals surface area contributed by atoms with Crippen molar-refractivity contribution in [2.45, 2.75) is 19.8 Å². The van der Waals surface area contributed by atoms with Crippen molar-refractivity contribution in [2.75, 3.05) is 12.4 Å². The van der Waals surface area contributed by atoms with Crippen molar-refractivity contribution < 1.29 is 9.53 Å². The molecule has 0 saturated heterocycles. The number of aromatic amines is 1. The van der Waals surface area contributed by atoms with Crippen molar-refractivity contribution in [2.24, 2.45) is 0 Å². The molecule has 0 saturated carbocycles. The van der Waals surface area contributed by atoms with E-state index in [9.17, 15) is 4.79 Å². The molecule has 0 aliphatic rings. The SMILES string of the molecule is CCCc1ccc2nc(NC(=O)OC)[nH]c2c1. The summed E-state index contributed by atoms with van der Waals surface area (Å²) in [6.07, 6.45) is 1.61. The fourth-order valence-electron chi connectivity index (χ4n) is 1.71. The number of H-pyrrole nitrogens is 1. The third-order valence-corrected chi connectivity index (χ3v) is 2.49. The summed E-state index contributed by atoms with van der Waals surface area (Å²) in [7, 11) is 1.32. The molecule has 1 aromatic carbocycles. The minimum Gasteiger partial charge on any atom is -0.453 e. The van der Waals surface area contributed by atoms with Gasteiger partial charge in [0.1, 0.15) is 0 Å². The van der Waals surface area contributed by atoms with Gasteiger partial charge in [-0.3, -0.25) is 5.32 Å². The highest BCUT2D eigenvalue weighted by Crippen LogP contribution is 2.17. The lowest BCUT2D eigenvalue weighted by Crippen LogP contribution is -2.11. The Morgan fingerprint density at radius 3 is 3.06 bits per heavy atom. The number of imidazole rings is 1. The summed E-state index contributed by atoms with van der Waals surface area (Å²) in [5.41, 5.74) is 3.01. The van der Waals surface area contributed by atoms with Crippen LogP contribution in [0.15, 0.2) is 18.2 Å². The second-order valence-electron chi connectivity index (χ2n) is 3.80. The number of hydrogen-bond acceptors (Lipinski definition) is 3. The lowest BCUT2D eigenvalue weighted by atomic mass is 10.1. The van der Waals surface area contributed by atoms with E-state index < -0.39 is 6.09 Å². The highest BCUT2D eigenvalue weighted by atomic mass is 16.5. The van der Waals surface area contributed by atoms with Gasteiger partial charge in [-0.15, -0.1) is 0 Å². The van der Waals surface area contributed by atoms with Crippen molar-refractivity contribution in [1.82, 2.24) is 9.97 Å². The van der Waals surface area contributed by atoms with Crippen LogP contribution < -0.4 is 5.32 Å². The fourth-order valence-corrected chi connectivity index (χ4v) is 1.71.